The number of amidine groups is 1. The SMILES string of the molecule is c1ccc(C2=NC(c3cc(-c4ccc5ccccc5c4)cc4oc5ccccc5c34)NC(c3ccc(-c4ccc(-c5ccccc5)cc4)cc3)N2)cc1. The Morgan fingerprint density at radius 2 is 1.02 bits per heavy atom. The van der Waals surface area contributed by atoms with Crippen LogP contribution in [0.15, 0.2) is 197 Å². The molecule has 0 saturated heterocycles. The number of fused-ring (bicyclic) bond motifs is 4. The van der Waals surface area contributed by atoms with Gasteiger partial charge < -0.3 is 9.73 Å². The minimum atomic E-state index is -0.356. The fourth-order valence-corrected chi connectivity index (χ4v) is 7.62. The third-order valence-electron chi connectivity index (χ3n) is 10.4. The molecule has 9 aromatic rings. The number of rotatable bonds is 6. The van der Waals surface area contributed by atoms with E-state index < -0.39 is 0 Å². The predicted octanol–water partition coefficient (Wildman–Crippen LogP) is 12.1. The first kappa shape index (κ1) is 31.0. The number of hydrogen-bond acceptors (Lipinski definition) is 4. The van der Waals surface area contributed by atoms with Crippen molar-refractivity contribution in [1.29, 1.82) is 0 Å². The summed E-state index contributed by atoms with van der Waals surface area (Å²) in [7, 11) is 0. The Bertz CT molecular complexity index is 2770. The molecule has 10 rings (SSSR count). The molecule has 0 saturated carbocycles. The van der Waals surface area contributed by atoms with E-state index in [0.29, 0.717) is 0 Å². The zero-order valence-corrected chi connectivity index (χ0v) is 28.9. The first-order valence-corrected chi connectivity index (χ1v) is 18.1. The fourth-order valence-electron chi connectivity index (χ4n) is 7.62. The maximum atomic E-state index is 6.55. The van der Waals surface area contributed by atoms with E-state index in [1.165, 1.54) is 33.0 Å². The van der Waals surface area contributed by atoms with E-state index >= 15 is 0 Å². The van der Waals surface area contributed by atoms with Crippen molar-refractivity contribution >= 4 is 38.5 Å². The van der Waals surface area contributed by atoms with E-state index in [1.807, 2.05) is 18.2 Å². The molecule has 4 nitrogen and oxygen atoms in total. The average molecular weight is 682 g/mol. The van der Waals surface area contributed by atoms with E-state index in [0.717, 1.165) is 55.6 Å². The van der Waals surface area contributed by atoms with Gasteiger partial charge in [-0.3, -0.25) is 5.32 Å². The summed E-state index contributed by atoms with van der Waals surface area (Å²) in [5, 5.41) is 12.2. The Labute approximate surface area is 308 Å². The van der Waals surface area contributed by atoms with E-state index in [-0.39, 0.29) is 12.3 Å². The van der Waals surface area contributed by atoms with Crippen molar-refractivity contribution in [3.63, 3.8) is 0 Å². The number of benzene rings is 8. The second kappa shape index (κ2) is 13.1. The Morgan fingerprint density at radius 3 is 1.75 bits per heavy atom. The van der Waals surface area contributed by atoms with Crippen LogP contribution in [-0.2, 0) is 0 Å². The molecule has 53 heavy (non-hydrogen) atoms. The first-order chi connectivity index (χ1) is 26.2. The molecule has 0 amide bonds. The molecule has 252 valence electrons. The van der Waals surface area contributed by atoms with Gasteiger partial charge >= 0.3 is 0 Å². The van der Waals surface area contributed by atoms with Crippen LogP contribution in [0.25, 0.3) is 66.1 Å². The van der Waals surface area contributed by atoms with Crippen LogP contribution < -0.4 is 10.6 Å². The van der Waals surface area contributed by atoms with Crippen molar-refractivity contribution in [2.45, 2.75) is 12.3 Å². The molecule has 0 fully saturated rings. The molecule has 0 bridgehead atoms. The van der Waals surface area contributed by atoms with Crippen LogP contribution in [0.4, 0.5) is 0 Å². The second-order valence-corrected chi connectivity index (χ2v) is 13.7. The lowest BCUT2D eigenvalue weighted by atomic mass is 9.95. The van der Waals surface area contributed by atoms with Crippen LogP contribution in [0.2, 0.25) is 0 Å². The highest BCUT2D eigenvalue weighted by Crippen LogP contribution is 2.40. The average Bonchev–Trinajstić information content (AvgIpc) is 3.62. The summed E-state index contributed by atoms with van der Waals surface area (Å²) in [4.78, 5) is 5.37. The van der Waals surface area contributed by atoms with E-state index in [4.69, 9.17) is 9.41 Å². The lowest BCUT2D eigenvalue weighted by Gasteiger charge is -2.32. The standard InChI is InChI=1S/C49H35N3O/c1-3-11-32(12-4-1)34-19-21-35(22-20-34)36-23-26-38(27-24-36)48-50-47(37-14-5-2-6-15-37)51-49(52-48)43-30-41(40-28-25-33-13-7-8-16-39(33)29-40)31-45-46(43)42-17-9-10-18-44(42)53-45/h1-31,48-49,52H,(H,50,51). The summed E-state index contributed by atoms with van der Waals surface area (Å²) >= 11 is 0. The lowest BCUT2D eigenvalue weighted by Crippen LogP contribution is -2.45. The minimum Gasteiger partial charge on any atom is -0.456 e. The van der Waals surface area contributed by atoms with Crippen LogP contribution in [-0.4, -0.2) is 5.84 Å². The normalized spacial score (nSPS) is 15.7. The second-order valence-electron chi connectivity index (χ2n) is 13.7. The Morgan fingerprint density at radius 1 is 0.434 bits per heavy atom. The van der Waals surface area contributed by atoms with Gasteiger partial charge in [-0.2, -0.15) is 0 Å². The molecule has 0 radical (unpaired) electrons. The third kappa shape index (κ3) is 5.85. The number of nitrogens with zero attached hydrogens (tertiary/aromatic N) is 1. The van der Waals surface area contributed by atoms with Crippen molar-refractivity contribution in [3.8, 4) is 33.4 Å². The Balaban J connectivity index is 1.06. The Hall–Kier alpha value is -6.75. The molecule has 2 N–H and O–H groups in total. The van der Waals surface area contributed by atoms with Gasteiger partial charge in [-0.15, -0.1) is 0 Å². The summed E-state index contributed by atoms with van der Waals surface area (Å²) in [6.45, 7) is 0. The van der Waals surface area contributed by atoms with Gasteiger partial charge in [0.1, 0.15) is 29.3 Å². The van der Waals surface area contributed by atoms with Gasteiger partial charge in [0.15, 0.2) is 0 Å². The van der Waals surface area contributed by atoms with Gasteiger partial charge in [0.2, 0.25) is 0 Å². The van der Waals surface area contributed by atoms with Crippen molar-refractivity contribution in [3.05, 3.63) is 205 Å². The third-order valence-corrected chi connectivity index (χ3v) is 10.4. The molecular weight excluding hydrogens is 647 g/mol. The fraction of sp³-hybridized carbons (Fsp3) is 0.0408. The number of para-hydroxylation sites is 1. The van der Waals surface area contributed by atoms with E-state index in [1.54, 1.807) is 0 Å². The van der Waals surface area contributed by atoms with E-state index in [9.17, 15) is 0 Å². The molecule has 1 aliphatic rings. The van der Waals surface area contributed by atoms with Gasteiger partial charge in [-0.1, -0.05) is 164 Å². The maximum Gasteiger partial charge on any atom is 0.136 e. The van der Waals surface area contributed by atoms with Gasteiger partial charge in [0.05, 0.1) is 0 Å². The van der Waals surface area contributed by atoms with Crippen LogP contribution in [0.3, 0.4) is 0 Å². The van der Waals surface area contributed by atoms with Gasteiger partial charge in [0.25, 0.3) is 0 Å². The monoisotopic (exact) mass is 681 g/mol. The highest BCUT2D eigenvalue weighted by molar-refractivity contribution is 6.08. The van der Waals surface area contributed by atoms with Crippen molar-refractivity contribution in [2.75, 3.05) is 0 Å². The molecule has 0 aliphatic carbocycles. The molecule has 0 spiro atoms. The molecule has 8 aromatic carbocycles. The smallest absolute Gasteiger partial charge is 0.136 e. The highest BCUT2D eigenvalue weighted by atomic mass is 16.3. The molecule has 2 heterocycles. The summed E-state index contributed by atoms with van der Waals surface area (Å²) in [6.07, 6.45) is -0.551. The zero-order valence-electron chi connectivity index (χ0n) is 28.9. The molecule has 2 unspecified atom stereocenters. The number of furan rings is 1. The molecular formula is C49H35N3O. The summed E-state index contributed by atoms with van der Waals surface area (Å²) in [5.74, 6) is 0.844. The largest absolute Gasteiger partial charge is 0.456 e. The Kier molecular flexibility index (Phi) is 7.67. The van der Waals surface area contributed by atoms with Gasteiger partial charge in [0, 0.05) is 21.9 Å². The maximum absolute atomic E-state index is 6.55. The number of nitrogens with one attached hydrogen (secondary N) is 2. The van der Waals surface area contributed by atoms with Crippen LogP contribution >= 0.6 is 0 Å². The number of aliphatic imine (C=N–C) groups is 1. The van der Waals surface area contributed by atoms with Crippen LogP contribution in [0, 0.1) is 0 Å². The number of hydrogen-bond donors (Lipinski definition) is 2. The van der Waals surface area contributed by atoms with Crippen molar-refractivity contribution in [2.24, 2.45) is 4.99 Å². The predicted molar refractivity (Wildman–Crippen MR) is 219 cm³/mol. The molecule has 4 heteroatoms. The minimum absolute atomic E-state index is 0.195. The molecule has 1 aromatic heterocycles. The van der Waals surface area contributed by atoms with Gasteiger partial charge in [-0.05, 0) is 74.0 Å². The lowest BCUT2D eigenvalue weighted by molar-refractivity contribution is 0.410. The molecule has 2 atom stereocenters. The highest BCUT2D eigenvalue weighted by Gasteiger charge is 2.28. The van der Waals surface area contributed by atoms with Crippen molar-refractivity contribution < 1.29 is 4.42 Å². The van der Waals surface area contributed by atoms with Crippen LogP contribution in [0.5, 0.6) is 0 Å². The van der Waals surface area contributed by atoms with Gasteiger partial charge in [-0.25, -0.2) is 4.99 Å². The molecule has 1 aliphatic heterocycles. The van der Waals surface area contributed by atoms with Crippen LogP contribution in [0.1, 0.15) is 29.0 Å². The topological polar surface area (TPSA) is 49.6 Å². The summed E-state index contributed by atoms with van der Waals surface area (Å²) < 4.78 is 6.55. The zero-order chi connectivity index (χ0) is 35.1. The summed E-state index contributed by atoms with van der Waals surface area (Å²) in [6, 6.07) is 66.4. The first-order valence-electron chi connectivity index (χ1n) is 18.1. The summed E-state index contributed by atoms with van der Waals surface area (Å²) in [5.41, 5.74) is 12.0. The van der Waals surface area contributed by atoms with Crippen molar-refractivity contribution in [1.82, 2.24) is 10.6 Å². The van der Waals surface area contributed by atoms with E-state index in [2.05, 4.69) is 180 Å². The quantitative estimate of drug-likeness (QED) is 0.184.